The van der Waals surface area contributed by atoms with Gasteiger partial charge in [0, 0.05) is 0 Å². The van der Waals surface area contributed by atoms with Crippen LogP contribution in [0.1, 0.15) is 25.5 Å². The van der Waals surface area contributed by atoms with Gasteiger partial charge in [0.05, 0.1) is 11.9 Å². The minimum atomic E-state index is 0.400. The summed E-state index contributed by atoms with van der Waals surface area (Å²) in [4.78, 5) is 4.07. The number of fused-ring (bicyclic) bond motifs is 1. The lowest BCUT2D eigenvalue weighted by Crippen LogP contribution is -2.01. The third-order valence-corrected chi connectivity index (χ3v) is 1.70. The summed E-state index contributed by atoms with van der Waals surface area (Å²) >= 11 is 0. The molecular weight excluding hydrogens is 154 g/mol. The van der Waals surface area contributed by atoms with E-state index in [2.05, 4.69) is 34.1 Å². The van der Waals surface area contributed by atoms with Crippen molar-refractivity contribution in [2.24, 2.45) is 0 Å². The van der Waals surface area contributed by atoms with E-state index in [0.717, 1.165) is 5.69 Å². The molecule has 0 N–H and O–H groups in total. The molecule has 62 valence electrons. The zero-order valence-corrected chi connectivity index (χ0v) is 6.97. The Labute approximate surface area is 69.5 Å². The van der Waals surface area contributed by atoms with Crippen molar-refractivity contribution in [3.63, 3.8) is 0 Å². The molecule has 0 saturated carbocycles. The fourth-order valence-electron chi connectivity index (χ4n) is 1.08. The molecule has 0 saturated heterocycles. The molecule has 0 aliphatic heterocycles. The van der Waals surface area contributed by atoms with E-state index in [4.69, 9.17) is 0 Å². The number of hydrogen-bond acceptors (Lipinski definition) is 4. The van der Waals surface area contributed by atoms with Gasteiger partial charge in [0.15, 0.2) is 6.33 Å². The highest BCUT2D eigenvalue weighted by Gasteiger charge is 2.07. The monoisotopic (exact) mass is 163 g/mol. The summed E-state index contributed by atoms with van der Waals surface area (Å²) in [6, 6.07) is 0. The predicted octanol–water partition coefficient (Wildman–Crippen LogP) is 0.643. The van der Waals surface area contributed by atoms with Gasteiger partial charge in [-0.05, 0) is 5.92 Å². The van der Waals surface area contributed by atoms with Crippen LogP contribution in [0.4, 0.5) is 0 Å². The van der Waals surface area contributed by atoms with Crippen LogP contribution in [0.3, 0.4) is 0 Å². The quantitative estimate of drug-likeness (QED) is 0.619. The number of hydrogen-bond donors (Lipinski definition) is 0. The van der Waals surface area contributed by atoms with Crippen molar-refractivity contribution in [3.05, 3.63) is 18.2 Å². The van der Waals surface area contributed by atoms with E-state index in [9.17, 15) is 0 Å². The summed E-state index contributed by atoms with van der Waals surface area (Å²) in [6.07, 6.45) is 3.20. The summed E-state index contributed by atoms with van der Waals surface area (Å²) in [7, 11) is 0. The van der Waals surface area contributed by atoms with Gasteiger partial charge in [0.1, 0.15) is 0 Å². The number of imidazole rings is 1. The van der Waals surface area contributed by atoms with E-state index in [1.807, 2.05) is 0 Å². The molecule has 5 nitrogen and oxygen atoms in total. The highest BCUT2D eigenvalue weighted by atomic mass is 15.4. The maximum Gasteiger partial charge on any atom is 0.270 e. The van der Waals surface area contributed by atoms with E-state index < -0.39 is 0 Å². The van der Waals surface area contributed by atoms with E-state index in [0.29, 0.717) is 11.7 Å². The standard InChI is InChI=1S/C7H9N5/c1-5(2)6-3-8-7-11-9-4-10-12(6)7/h3-5H,1-2H3. The van der Waals surface area contributed by atoms with Gasteiger partial charge in [0.2, 0.25) is 0 Å². The van der Waals surface area contributed by atoms with Crippen LogP contribution in [0.15, 0.2) is 12.5 Å². The predicted molar refractivity (Wildman–Crippen MR) is 42.7 cm³/mol. The molecule has 2 heterocycles. The zero-order chi connectivity index (χ0) is 8.55. The molecule has 0 amide bonds. The van der Waals surface area contributed by atoms with E-state index in [1.54, 1.807) is 10.7 Å². The van der Waals surface area contributed by atoms with Crippen molar-refractivity contribution in [2.75, 3.05) is 0 Å². The van der Waals surface area contributed by atoms with Gasteiger partial charge in [-0.15, -0.1) is 10.2 Å². The average molecular weight is 163 g/mol. The molecule has 0 radical (unpaired) electrons. The largest absolute Gasteiger partial charge is 0.270 e. The summed E-state index contributed by atoms with van der Waals surface area (Å²) in [6.45, 7) is 4.18. The maximum absolute atomic E-state index is 4.07. The minimum absolute atomic E-state index is 0.400. The second kappa shape index (κ2) is 2.51. The molecular formula is C7H9N5. The van der Waals surface area contributed by atoms with Crippen molar-refractivity contribution in [2.45, 2.75) is 19.8 Å². The van der Waals surface area contributed by atoms with Crippen LogP contribution in [0.5, 0.6) is 0 Å². The normalized spacial score (nSPS) is 11.2. The van der Waals surface area contributed by atoms with Crippen LogP contribution in [0, 0.1) is 0 Å². The SMILES string of the molecule is CC(C)c1cnc2nncnn12. The summed E-state index contributed by atoms with van der Waals surface area (Å²) in [5.74, 6) is 0.956. The Bertz CT molecular complexity index is 391. The summed E-state index contributed by atoms with van der Waals surface area (Å²) in [5.41, 5.74) is 1.06. The first kappa shape index (κ1) is 7.15. The molecule has 0 aromatic carbocycles. The fourth-order valence-corrected chi connectivity index (χ4v) is 1.08. The molecule has 12 heavy (non-hydrogen) atoms. The number of rotatable bonds is 1. The van der Waals surface area contributed by atoms with Gasteiger partial charge in [-0.25, -0.2) is 4.98 Å². The lowest BCUT2D eigenvalue weighted by atomic mass is 10.2. The highest BCUT2D eigenvalue weighted by molar-refractivity contribution is 5.27. The van der Waals surface area contributed by atoms with Crippen LogP contribution in [-0.4, -0.2) is 24.8 Å². The van der Waals surface area contributed by atoms with E-state index >= 15 is 0 Å². The minimum Gasteiger partial charge on any atom is -0.216 e. The first-order chi connectivity index (χ1) is 5.79. The fraction of sp³-hybridized carbons (Fsp3) is 0.429. The molecule has 0 unspecified atom stereocenters. The molecule has 0 fully saturated rings. The van der Waals surface area contributed by atoms with Crippen LogP contribution >= 0.6 is 0 Å². The van der Waals surface area contributed by atoms with Crippen LogP contribution in [-0.2, 0) is 0 Å². The van der Waals surface area contributed by atoms with Crippen molar-refractivity contribution in [1.82, 2.24) is 24.8 Å². The lowest BCUT2D eigenvalue weighted by Gasteiger charge is -2.00. The van der Waals surface area contributed by atoms with Gasteiger partial charge in [-0.2, -0.15) is 9.61 Å². The van der Waals surface area contributed by atoms with Crippen LogP contribution in [0.2, 0.25) is 0 Å². The Morgan fingerprint density at radius 1 is 1.42 bits per heavy atom. The Kier molecular flexibility index (Phi) is 1.49. The van der Waals surface area contributed by atoms with Crippen molar-refractivity contribution < 1.29 is 0 Å². The maximum atomic E-state index is 4.07. The molecule has 2 aromatic heterocycles. The van der Waals surface area contributed by atoms with E-state index in [-0.39, 0.29) is 0 Å². The number of nitrogens with zero attached hydrogens (tertiary/aromatic N) is 5. The third kappa shape index (κ3) is 0.939. The molecule has 0 aliphatic rings. The molecule has 2 rings (SSSR count). The Morgan fingerprint density at radius 2 is 2.25 bits per heavy atom. The Morgan fingerprint density at radius 3 is 3.00 bits per heavy atom. The van der Waals surface area contributed by atoms with Gasteiger partial charge in [0.25, 0.3) is 5.78 Å². The van der Waals surface area contributed by atoms with Crippen LogP contribution in [0.25, 0.3) is 5.78 Å². The van der Waals surface area contributed by atoms with Gasteiger partial charge >= 0.3 is 0 Å². The first-order valence-corrected chi connectivity index (χ1v) is 3.80. The second-order valence-corrected chi connectivity index (χ2v) is 2.90. The smallest absolute Gasteiger partial charge is 0.216 e. The molecule has 0 bridgehead atoms. The molecule has 0 spiro atoms. The Hall–Kier alpha value is -1.52. The highest BCUT2D eigenvalue weighted by Crippen LogP contribution is 2.12. The molecule has 0 atom stereocenters. The van der Waals surface area contributed by atoms with Gasteiger partial charge in [-0.1, -0.05) is 13.8 Å². The third-order valence-electron chi connectivity index (χ3n) is 1.70. The Balaban J connectivity index is 2.70. The average Bonchev–Trinajstić information content (AvgIpc) is 2.47. The zero-order valence-electron chi connectivity index (χ0n) is 6.97. The van der Waals surface area contributed by atoms with Crippen molar-refractivity contribution in [3.8, 4) is 0 Å². The summed E-state index contributed by atoms with van der Waals surface area (Å²) in [5, 5.41) is 11.5. The molecule has 5 heteroatoms. The topological polar surface area (TPSA) is 56.0 Å². The van der Waals surface area contributed by atoms with E-state index in [1.165, 1.54) is 6.33 Å². The van der Waals surface area contributed by atoms with Crippen molar-refractivity contribution >= 4 is 5.78 Å². The van der Waals surface area contributed by atoms with Crippen molar-refractivity contribution in [1.29, 1.82) is 0 Å². The first-order valence-electron chi connectivity index (χ1n) is 3.80. The molecule has 2 aromatic rings. The number of aromatic nitrogens is 5. The van der Waals surface area contributed by atoms with Crippen LogP contribution < -0.4 is 0 Å². The lowest BCUT2D eigenvalue weighted by molar-refractivity contribution is 0.730. The second-order valence-electron chi connectivity index (χ2n) is 2.90. The van der Waals surface area contributed by atoms with Gasteiger partial charge in [-0.3, -0.25) is 0 Å². The van der Waals surface area contributed by atoms with Gasteiger partial charge < -0.3 is 0 Å². The molecule has 0 aliphatic carbocycles. The summed E-state index contributed by atoms with van der Waals surface area (Å²) < 4.78 is 1.71.